The second kappa shape index (κ2) is 5.73. The molecule has 0 N–H and O–H groups in total. The van der Waals surface area contributed by atoms with E-state index in [0.29, 0.717) is 0 Å². The molecule has 0 saturated carbocycles. The lowest BCUT2D eigenvalue weighted by Crippen LogP contribution is -2.26. The maximum Gasteiger partial charge on any atom is 0.0725 e. The van der Waals surface area contributed by atoms with E-state index in [1.807, 2.05) is 0 Å². The summed E-state index contributed by atoms with van der Waals surface area (Å²) >= 11 is 0. The fraction of sp³-hybridized carbons (Fsp3) is 0.200. The molecular formula is C30H26. The highest BCUT2D eigenvalue weighted by atomic mass is 14.5. The van der Waals surface area contributed by atoms with Crippen molar-refractivity contribution in [1.82, 2.24) is 0 Å². The van der Waals surface area contributed by atoms with Crippen LogP contribution in [0.4, 0.5) is 0 Å². The quantitative estimate of drug-likeness (QED) is 0.252. The fourth-order valence-corrected chi connectivity index (χ4v) is 5.83. The van der Waals surface area contributed by atoms with E-state index in [2.05, 4.69) is 101 Å². The van der Waals surface area contributed by atoms with Gasteiger partial charge in [-0.05, 0) is 90.3 Å². The van der Waals surface area contributed by atoms with Gasteiger partial charge in [-0.3, -0.25) is 0 Å². The first-order chi connectivity index (χ1) is 14.4. The van der Waals surface area contributed by atoms with Crippen LogP contribution in [0, 0.1) is 34.6 Å². The monoisotopic (exact) mass is 386 g/mol. The Hall–Kier alpha value is -3.12. The lowest BCUT2D eigenvalue weighted by molar-refractivity contribution is 0.789. The molecule has 0 atom stereocenters. The third-order valence-electron chi connectivity index (χ3n) is 7.36. The molecule has 0 fully saturated rings. The largest absolute Gasteiger partial charge is 0.0725 e. The van der Waals surface area contributed by atoms with Crippen molar-refractivity contribution in [3.8, 4) is 22.3 Å². The smallest absolute Gasteiger partial charge is 0.0587 e. The Labute approximate surface area is 179 Å². The molecule has 146 valence electrons. The second-order valence-electron chi connectivity index (χ2n) is 9.38. The average Bonchev–Trinajstić information content (AvgIpc) is 3.13. The van der Waals surface area contributed by atoms with E-state index < -0.39 is 0 Å². The van der Waals surface area contributed by atoms with Crippen molar-refractivity contribution in [1.29, 1.82) is 0 Å². The van der Waals surface area contributed by atoms with Crippen molar-refractivity contribution < 1.29 is 0 Å². The predicted molar refractivity (Wildman–Crippen MR) is 126 cm³/mol. The molecule has 0 aromatic heterocycles. The Balaban J connectivity index is 1.88. The Morgan fingerprint density at radius 2 is 0.767 bits per heavy atom. The summed E-state index contributed by atoms with van der Waals surface area (Å²) < 4.78 is 0. The average molecular weight is 387 g/mol. The SMILES string of the molecule is Cc1ccc2c(c1)C1(c3cc(C)ccc3-2)c2cc(C)ccc2-c2cc(C)c(C)cc21. The van der Waals surface area contributed by atoms with Gasteiger partial charge < -0.3 is 0 Å². The molecule has 4 aromatic carbocycles. The van der Waals surface area contributed by atoms with E-state index in [0.717, 1.165) is 0 Å². The molecule has 0 unspecified atom stereocenters. The van der Waals surface area contributed by atoms with Crippen LogP contribution in [0.3, 0.4) is 0 Å². The maximum atomic E-state index is 2.46. The van der Waals surface area contributed by atoms with Gasteiger partial charge in [-0.15, -0.1) is 0 Å². The number of fused-ring (bicyclic) bond motifs is 10. The highest BCUT2D eigenvalue weighted by Gasteiger charge is 2.51. The predicted octanol–water partition coefficient (Wildman–Crippen LogP) is 7.57. The minimum atomic E-state index is -0.224. The molecule has 0 heteroatoms. The minimum absolute atomic E-state index is 0.224. The number of benzene rings is 4. The summed E-state index contributed by atoms with van der Waals surface area (Å²) in [7, 11) is 0. The van der Waals surface area contributed by atoms with Gasteiger partial charge in [0.05, 0.1) is 5.41 Å². The Bertz CT molecular complexity index is 1330. The van der Waals surface area contributed by atoms with Crippen molar-refractivity contribution >= 4 is 0 Å². The molecule has 2 aliphatic carbocycles. The van der Waals surface area contributed by atoms with E-state index in [-0.39, 0.29) is 5.41 Å². The van der Waals surface area contributed by atoms with Gasteiger partial charge in [0.25, 0.3) is 0 Å². The van der Waals surface area contributed by atoms with Gasteiger partial charge in [0.1, 0.15) is 0 Å². The van der Waals surface area contributed by atoms with Crippen LogP contribution in [0.2, 0.25) is 0 Å². The zero-order chi connectivity index (χ0) is 20.8. The number of aryl methyl sites for hydroxylation is 5. The second-order valence-corrected chi connectivity index (χ2v) is 9.38. The van der Waals surface area contributed by atoms with Crippen LogP contribution in [0.15, 0.2) is 66.7 Å². The van der Waals surface area contributed by atoms with E-state index >= 15 is 0 Å². The molecule has 0 nitrogen and oxygen atoms in total. The summed E-state index contributed by atoms with van der Waals surface area (Å²) in [6.45, 7) is 11.1. The van der Waals surface area contributed by atoms with Gasteiger partial charge in [0.15, 0.2) is 0 Å². The number of hydrogen-bond acceptors (Lipinski definition) is 0. The lowest BCUT2D eigenvalue weighted by Gasteiger charge is -2.31. The third-order valence-corrected chi connectivity index (χ3v) is 7.36. The van der Waals surface area contributed by atoms with Crippen LogP contribution in [-0.2, 0) is 5.41 Å². The molecule has 0 aliphatic heterocycles. The zero-order valence-corrected chi connectivity index (χ0v) is 18.4. The highest BCUT2D eigenvalue weighted by Crippen LogP contribution is 2.63. The van der Waals surface area contributed by atoms with Crippen molar-refractivity contribution in [3.63, 3.8) is 0 Å². The molecular weight excluding hydrogens is 360 g/mol. The van der Waals surface area contributed by atoms with Crippen LogP contribution in [0.5, 0.6) is 0 Å². The van der Waals surface area contributed by atoms with Crippen molar-refractivity contribution in [2.24, 2.45) is 0 Å². The van der Waals surface area contributed by atoms with Crippen molar-refractivity contribution in [2.75, 3.05) is 0 Å². The first-order valence-corrected chi connectivity index (χ1v) is 10.9. The van der Waals surface area contributed by atoms with Gasteiger partial charge >= 0.3 is 0 Å². The van der Waals surface area contributed by atoms with Crippen LogP contribution in [-0.4, -0.2) is 0 Å². The van der Waals surface area contributed by atoms with Gasteiger partial charge in [0.2, 0.25) is 0 Å². The molecule has 30 heavy (non-hydrogen) atoms. The normalized spacial score (nSPS) is 14.4. The molecule has 0 saturated heterocycles. The Morgan fingerprint density at radius 1 is 0.400 bits per heavy atom. The summed E-state index contributed by atoms with van der Waals surface area (Å²) in [5, 5.41) is 0. The molecule has 0 bridgehead atoms. The molecule has 0 heterocycles. The van der Waals surface area contributed by atoms with Crippen LogP contribution in [0.1, 0.15) is 50.1 Å². The number of hydrogen-bond donors (Lipinski definition) is 0. The van der Waals surface area contributed by atoms with E-state index in [4.69, 9.17) is 0 Å². The van der Waals surface area contributed by atoms with Crippen LogP contribution < -0.4 is 0 Å². The van der Waals surface area contributed by atoms with Gasteiger partial charge in [-0.25, -0.2) is 0 Å². The Kier molecular flexibility index (Phi) is 3.38. The Morgan fingerprint density at radius 3 is 1.23 bits per heavy atom. The van der Waals surface area contributed by atoms with Crippen LogP contribution >= 0.6 is 0 Å². The molecule has 0 radical (unpaired) electrons. The summed E-state index contributed by atoms with van der Waals surface area (Å²) in [5.74, 6) is 0. The first-order valence-electron chi connectivity index (χ1n) is 10.9. The summed E-state index contributed by atoms with van der Waals surface area (Å²) in [6, 6.07) is 26.0. The zero-order valence-electron chi connectivity index (χ0n) is 18.4. The van der Waals surface area contributed by atoms with E-state index in [1.54, 1.807) is 0 Å². The summed E-state index contributed by atoms with van der Waals surface area (Å²) in [4.78, 5) is 0. The molecule has 2 aliphatic rings. The fourth-order valence-electron chi connectivity index (χ4n) is 5.83. The molecule has 0 amide bonds. The third kappa shape index (κ3) is 2.02. The number of rotatable bonds is 0. The molecule has 1 spiro atoms. The van der Waals surface area contributed by atoms with Gasteiger partial charge in [-0.2, -0.15) is 0 Å². The van der Waals surface area contributed by atoms with Crippen molar-refractivity contribution in [2.45, 2.75) is 40.0 Å². The minimum Gasteiger partial charge on any atom is -0.0587 e. The standard InChI is InChI=1S/C30H26/c1-17-6-9-22-23-10-7-18(2)13-27(23)30(26(22)12-17)28-14-19(3)8-11-24(28)25-15-20(4)21(5)16-29(25)30/h6-16H,1-5H3. The summed E-state index contributed by atoms with van der Waals surface area (Å²) in [6.07, 6.45) is 0. The topological polar surface area (TPSA) is 0 Å². The lowest BCUT2D eigenvalue weighted by atomic mass is 9.69. The summed E-state index contributed by atoms with van der Waals surface area (Å²) in [5.41, 5.74) is 17.8. The van der Waals surface area contributed by atoms with E-state index in [1.165, 1.54) is 72.3 Å². The first kappa shape index (κ1) is 17.7. The van der Waals surface area contributed by atoms with E-state index in [9.17, 15) is 0 Å². The molecule has 4 aromatic rings. The highest BCUT2D eigenvalue weighted by molar-refractivity contribution is 5.95. The van der Waals surface area contributed by atoms with Crippen LogP contribution in [0.25, 0.3) is 22.3 Å². The van der Waals surface area contributed by atoms with Gasteiger partial charge in [0, 0.05) is 0 Å². The molecule has 6 rings (SSSR count). The maximum absolute atomic E-state index is 2.46. The van der Waals surface area contributed by atoms with Crippen molar-refractivity contribution in [3.05, 3.63) is 117 Å². The van der Waals surface area contributed by atoms with Gasteiger partial charge in [-0.1, -0.05) is 83.4 Å².